The lowest BCUT2D eigenvalue weighted by molar-refractivity contribution is -0.123. The van der Waals surface area contributed by atoms with Gasteiger partial charge in [-0.3, -0.25) is 4.79 Å². The van der Waals surface area contributed by atoms with Gasteiger partial charge in [-0.1, -0.05) is 0 Å². The zero-order valence-electron chi connectivity index (χ0n) is 11.6. The van der Waals surface area contributed by atoms with Gasteiger partial charge in [-0.05, 0) is 38.1 Å². The molecule has 0 bridgehead atoms. The number of rotatable bonds is 7. The van der Waals surface area contributed by atoms with Crippen molar-refractivity contribution in [3.05, 3.63) is 29.8 Å². The zero-order valence-corrected chi connectivity index (χ0v) is 11.6. The van der Waals surface area contributed by atoms with E-state index in [0.717, 1.165) is 0 Å². The minimum atomic E-state index is -0.880. The first-order chi connectivity index (χ1) is 9.35. The summed E-state index contributed by atoms with van der Waals surface area (Å²) in [5.74, 6) is 0.0786. The van der Waals surface area contributed by atoms with E-state index in [-0.39, 0.29) is 13.2 Å². The summed E-state index contributed by atoms with van der Waals surface area (Å²) in [5.41, 5.74) is 4.87. The van der Waals surface area contributed by atoms with Gasteiger partial charge in [0.25, 0.3) is 0 Å². The van der Waals surface area contributed by atoms with Crippen molar-refractivity contribution in [3.8, 4) is 11.8 Å². The minimum absolute atomic E-state index is 0.0771. The maximum atomic E-state index is 11.1. The molecule has 6 nitrogen and oxygen atoms in total. The van der Waals surface area contributed by atoms with E-state index < -0.39 is 17.6 Å². The van der Waals surface area contributed by atoms with Gasteiger partial charge in [0.2, 0.25) is 5.91 Å². The number of nitrogens with zero attached hydrogens (tertiary/aromatic N) is 1. The van der Waals surface area contributed by atoms with E-state index in [0.29, 0.717) is 11.3 Å². The van der Waals surface area contributed by atoms with Crippen LogP contribution in [0.15, 0.2) is 24.3 Å². The fourth-order valence-electron chi connectivity index (χ4n) is 1.34. The van der Waals surface area contributed by atoms with E-state index in [1.807, 2.05) is 6.07 Å². The van der Waals surface area contributed by atoms with Gasteiger partial charge in [0.1, 0.15) is 18.5 Å². The van der Waals surface area contributed by atoms with E-state index in [2.05, 4.69) is 5.32 Å². The highest BCUT2D eigenvalue weighted by atomic mass is 16.5. The standard InChI is InChI=1S/C14H19N3O3/c1-14(2,13(16)19)17-8-11(18)9-20-12-5-3-10(7-15)4-6-12/h3-6,11,17-18H,8-9H2,1-2H3,(H2,16,19). The molecule has 1 aromatic rings. The van der Waals surface area contributed by atoms with Crippen LogP contribution in [0.4, 0.5) is 0 Å². The maximum Gasteiger partial charge on any atom is 0.237 e. The number of primary amides is 1. The third-order valence-electron chi connectivity index (χ3n) is 2.82. The second-order valence-electron chi connectivity index (χ2n) is 4.97. The molecule has 6 heteroatoms. The summed E-state index contributed by atoms with van der Waals surface area (Å²) in [6.45, 7) is 3.55. The Morgan fingerprint density at radius 2 is 2.10 bits per heavy atom. The number of carbonyl (C=O) groups is 1. The SMILES string of the molecule is CC(C)(NCC(O)COc1ccc(C#N)cc1)C(N)=O. The van der Waals surface area contributed by atoms with E-state index in [4.69, 9.17) is 15.7 Å². The van der Waals surface area contributed by atoms with E-state index in [1.54, 1.807) is 38.1 Å². The molecule has 0 aliphatic heterocycles. The van der Waals surface area contributed by atoms with Gasteiger partial charge in [-0.15, -0.1) is 0 Å². The lowest BCUT2D eigenvalue weighted by Gasteiger charge is -2.24. The molecule has 0 saturated heterocycles. The van der Waals surface area contributed by atoms with Crippen molar-refractivity contribution >= 4 is 5.91 Å². The highest BCUT2D eigenvalue weighted by Crippen LogP contribution is 2.11. The summed E-state index contributed by atoms with van der Waals surface area (Å²) in [6, 6.07) is 8.60. The quantitative estimate of drug-likeness (QED) is 0.657. The first-order valence-corrected chi connectivity index (χ1v) is 6.21. The van der Waals surface area contributed by atoms with Gasteiger partial charge >= 0.3 is 0 Å². The summed E-state index contributed by atoms with van der Waals surface area (Å²) in [4.78, 5) is 11.1. The number of aliphatic hydroxyl groups excluding tert-OH is 1. The molecule has 108 valence electrons. The normalized spacial score (nSPS) is 12.5. The van der Waals surface area contributed by atoms with Crippen molar-refractivity contribution in [3.63, 3.8) is 0 Å². The summed E-state index contributed by atoms with van der Waals surface area (Å²) in [5, 5.41) is 21.3. The van der Waals surface area contributed by atoms with Gasteiger partial charge < -0.3 is 20.9 Å². The molecular formula is C14H19N3O3. The average molecular weight is 277 g/mol. The van der Waals surface area contributed by atoms with Crippen LogP contribution in [0.25, 0.3) is 0 Å². The number of benzene rings is 1. The first-order valence-electron chi connectivity index (χ1n) is 6.21. The van der Waals surface area contributed by atoms with Crippen molar-refractivity contribution in [2.75, 3.05) is 13.2 Å². The van der Waals surface area contributed by atoms with Crippen molar-refractivity contribution < 1.29 is 14.6 Å². The maximum absolute atomic E-state index is 11.1. The Balaban J connectivity index is 2.38. The average Bonchev–Trinajstić information content (AvgIpc) is 2.43. The van der Waals surface area contributed by atoms with Gasteiger partial charge in [0.05, 0.1) is 17.2 Å². The molecule has 0 aliphatic carbocycles. The lowest BCUT2D eigenvalue weighted by atomic mass is 10.1. The smallest absolute Gasteiger partial charge is 0.237 e. The van der Waals surface area contributed by atoms with Crippen LogP contribution in [0, 0.1) is 11.3 Å². The van der Waals surface area contributed by atoms with Crippen LogP contribution < -0.4 is 15.8 Å². The Hall–Kier alpha value is -2.10. The molecule has 0 heterocycles. The molecule has 1 unspecified atom stereocenters. The van der Waals surface area contributed by atoms with Crippen LogP contribution in [0.3, 0.4) is 0 Å². The van der Waals surface area contributed by atoms with Crippen molar-refractivity contribution in [1.82, 2.24) is 5.32 Å². The molecule has 0 radical (unpaired) electrons. The third-order valence-corrected chi connectivity index (χ3v) is 2.82. The third kappa shape index (κ3) is 4.88. The summed E-state index contributed by atoms with van der Waals surface area (Å²) >= 11 is 0. The lowest BCUT2D eigenvalue weighted by Crippen LogP contribution is -2.53. The number of ether oxygens (including phenoxy) is 1. The molecule has 1 rings (SSSR count). The highest BCUT2D eigenvalue weighted by molar-refractivity contribution is 5.83. The molecule has 1 atom stereocenters. The van der Waals surface area contributed by atoms with Crippen LogP contribution in [-0.4, -0.2) is 35.8 Å². The Morgan fingerprint density at radius 1 is 1.50 bits per heavy atom. The zero-order chi connectivity index (χ0) is 15.2. The largest absolute Gasteiger partial charge is 0.491 e. The number of aliphatic hydroxyl groups is 1. The van der Waals surface area contributed by atoms with Crippen LogP contribution in [0.1, 0.15) is 19.4 Å². The fourth-order valence-corrected chi connectivity index (χ4v) is 1.34. The van der Waals surface area contributed by atoms with Crippen LogP contribution in [-0.2, 0) is 4.79 Å². The number of amides is 1. The van der Waals surface area contributed by atoms with E-state index in [9.17, 15) is 9.90 Å². The van der Waals surface area contributed by atoms with Gasteiger partial charge in [-0.25, -0.2) is 0 Å². The Morgan fingerprint density at radius 3 is 2.60 bits per heavy atom. The number of hydrogen-bond donors (Lipinski definition) is 3. The molecule has 0 spiro atoms. The van der Waals surface area contributed by atoms with Crippen LogP contribution in [0.5, 0.6) is 5.75 Å². The van der Waals surface area contributed by atoms with Crippen molar-refractivity contribution in [1.29, 1.82) is 5.26 Å². The van der Waals surface area contributed by atoms with Gasteiger partial charge in [0, 0.05) is 6.54 Å². The molecule has 20 heavy (non-hydrogen) atoms. The number of hydrogen-bond acceptors (Lipinski definition) is 5. The number of carbonyl (C=O) groups excluding carboxylic acids is 1. The number of β-amino-alcohol motifs (C(OH)–C–C–N with tert-alkyl or cyclic N) is 1. The Bertz CT molecular complexity index is 491. The summed E-state index contributed by atoms with van der Waals surface area (Å²) < 4.78 is 5.38. The van der Waals surface area contributed by atoms with Gasteiger partial charge in [0.15, 0.2) is 0 Å². The monoisotopic (exact) mass is 277 g/mol. The Kier molecular flexibility index (Phi) is 5.50. The van der Waals surface area contributed by atoms with Crippen molar-refractivity contribution in [2.24, 2.45) is 5.73 Å². The van der Waals surface area contributed by atoms with Crippen LogP contribution >= 0.6 is 0 Å². The summed E-state index contributed by atoms with van der Waals surface area (Å²) in [6.07, 6.45) is -0.774. The Labute approximate surface area is 118 Å². The predicted octanol–water partition coefficient (Wildman–Crippen LogP) is 0.151. The second-order valence-corrected chi connectivity index (χ2v) is 4.97. The molecule has 0 aromatic heterocycles. The topological polar surface area (TPSA) is 108 Å². The molecule has 0 saturated carbocycles. The number of nitrogens with two attached hydrogens (primary N) is 1. The molecule has 4 N–H and O–H groups in total. The highest BCUT2D eigenvalue weighted by Gasteiger charge is 2.24. The molecule has 0 fully saturated rings. The molecular weight excluding hydrogens is 258 g/mol. The fraction of sp³-hybridized carbons (Fsp3) is 0.429. The number of nitriles is 1. The predicted molar refractivity (Wildman–Crippen MR) is 73.9 cm³/mol. The van der Waals surface area contributed by atoms with E-state index in [1.165, 1.54) is 0 Å². The van der Waals surface area contributed by atoms with E-state index >= 15 is 0 Å². The molecule has 1 aromatic carbocycles. The minimum Gasteiger partial charge on any atom is -0.491 e. The van der Waals surface area contributed by atoms with Crippen LogP contribution in [0.2, 0.25) is 0 Å². The molecule has 0 aliphatic rings. The number of nitrogens with one attached hydrogen (secondary N) is 1. The second kappa shape index (κ2) is 6.89. The van der Waals surface area contributed by atoms with Gasteiger partial charge in [-0.2, -0.15) is 5.26 Å². The first kappa shape index (κ1) is 16.0. The summed E-state index contributed by atoms with van der Waals surface area (Å²) in [7, 11) is 0. The van der Waals surface area contributed by atoms with Crippen molar-refractivity contribution in [2.45, 2.75) is 25.5 Å². The molecule has 1 amide bonds.